The Bertz CT molecular complexity index is 758. The molecule has 2 rings (SSSR count). The molecule has 1 atom stereocenters. The lowest BCUT2D eigenvalue weighted by atomic mass is 10.2. The number of aryl methyl sites for hydroxylation is 1. The van der Waals surface area contributed by atoms with Gasteiger partial charge in [0.05, 0.1) is 7.11 Å². The lowest BCUT2D eigenvalue weighted by Gasteiger charge is -2.14. The van der Waals surface area contributed by atoms with Crippen molar-refractivity contribution in [2.75, 3.05) is 13.7 Å². The summed E-state index contributed by atoms with van der Waals surface area (Å²) in [6.07, 6.45) is 0.720. The van der Waals surface area contributed by atoms with Crippen LogP contribution in [0, 0.1) is 5.82 Å². The van der Waals surface area contributed by atoms with Gasteiger partial charge < -0.3 is 14.4 Å². The highest BCUT2D eigenvalue weighted by Crippen LogP contribution is 2.24. The van der Waals surface area contributed by atoms with Crippen LogP contribution >= 0.6 is 0 Å². The fraction of sp³-hybridized carbons (Fsp3) is 0.286. The first-order chi connectivity index (χ1) is 10.3. The minimum Gasteiger partial charge on any atom is -0.495 e. The molecule has 1 aromatic heterocycles. The largest absolute Gasteiger partial charge is 0.495 e. The number of aliphatic hydroxyl groups excluding tert-OH is 1. The predicted octanol–water partition coefficient (Wildman–Crippen LogP) is 1.18. The summed E-state index contributed by atoms with van der Waals surface area (Å²) in [4.78, 5) is -0.311. The maximum Gasteiger partial charge on any atom is 0.244 e. The van der Waals surface area contributed by atoms with Crippen LogP contribution in [0.2, 0.25) is 0 Å². The van der Waals surface area contributed by atoms with Gasteiger partial charge in [-0.2, -0.15) is 0 Å². The second-order valence-electron chi connectivity index (χ2n) is 4.71. The smallest absolute Gasteiger partial charge is 0.244 e. The summed E-state index contributed by atoms with van der Waals surface area (Å²) in [6, 6.07) is 6.63. The Morgan fingerprint density at radius 2 is 2.14 bits per heavy atom. The maximum absolute atomic E-state index is 13.3. The summed E-state index contributed by atoms with van der Waals surface area (Å²) in [5.74, 6) is -0.661. The van der Waals surface area contributed by atoms with Crippen LogP contribution in [0.3, 0.4) is 0 Å². The molecule has 0 aliphatic heterocycles. The fourth-order valence-electron chi connectivity index (χ4n) is 2.05. The zero-order valence-corrected chi connectivity index (χ0v) is 13.0. The summed E-state index contributed by atoms with van der Waals surface area (Å²) in [6.45, 7) is -0.236. The van der Waals surface area contributed by atoms with E-state index in [0.29, 0.717) is 5.69 Å². The monoisotopic (exact) mass is 328 g/mol. The second kappa shape index (κ2) is 6.47. The molecule has 0 aliphatic rings. The van der Waals surface area contributed by atoms with E-state index in [-0.39, 0.29) is 17.2 Å². The predicted molar refractivity (Wildman–Crippen MR) is 78.5 cm³/mol. The van der Waals surface area contributed by atoms with Gasteiger partial charge >= 0.3 is 0 Å². The summed E-state index contributed by atoms with van der Waals surface area (Å²) < 4.78 is 46.7. The van der Waals surface area contributed by atoms with Crippen molar-refractivity contribution in [3.63, 3.8) is 0 Å². The number of ether oxygens (including phenoxy) is 1. The molecule has 120 valence electrons. The standard InChI is InChI=1S/C14H17FN2O4S/c1-17-7-3-4-11(17)12(18)9-16-22(19,20)14-8-10(15)5-6-13(14)21-2/h3-8,12,16,18H,9H2,1-2H3. The van der Waals surface area contributed by atoms with Crippen molar-refractivity contribution in [1.29, 1.82) is 0 Å². The normalized spacial score (nSPS) is 13.1. The van der Waals surface area contributed by atoms with Gasteiger partial charge in [-0.15, -0.1) is 0 Å². The molecule has 0 aliphatic carbocycles. The van der Waals surface area contributed by atoms with E-state index in [1.54, 1.807) is 29.9 Å². The van der Waals surface area contributed by atoms with E-state index in [9.17, 15) is 17.9 Å². The molecule has 1 unspecified atom stereocenters. The lowest BCUT2D eigenvalue weighted by Crippen LogP contribution is -2.29. The van der Waals surface area contributed by atoms with Gasteiger partial charge in [-0.05, 0) is 30.3 Å². The Hall–Kier alpha value is -1.90. The van der Waals surface area contributed by atoms with Gasteiger partial charge in [-0.1, -0.05) is 0 Å². The molecule has 0 fully saturated rings. The van der Waals surface area contributed by atoms with Crippen molar-refractivity contribution in [2.24, 2.45) is 7.05 Å². The minimum absolute atomic E-state index is 0.0299. The van der Waals surface area contributed by atoms with Crippen molar-refractivity contribution < 1.29 is 22.7 Å². The Kier molecular flexibility index (Phi) is 4.84. The van der Waals surface area contributed by atoms with E-state index in [0.717, 1.165) is 12.1 Å². The number of benzene rings is 1. The highest BCUT2D eigenvalue weighted by molar-refractivity contribution is 7.89. The van der Waals surface area contributed by atoms with Gasteiger partial charge in [0.15, 0.2) is 0 Å². The van der Waals surface area contributed by atoms with Crippen molar-refractivity contribution >= 4 is 10.0 Å². The van der Waals surface area contributed by atoms with Crippen LogP contribution in [0.4, 0.5) is 4.39 Å². The van der Waals surface area contributed by atoms with Crippen LogP contribution in [0.5, 0.6) is 5.75 Å². The van der Waals surface area contributed by atoms with Gasteiger partial charge in [-0.3, -0.25) is 0 Å². The first-order valence-electron chi connectivity index (χ1n) is 6.47. The summed E-state index contributed by atoms with van der Waals surface area (Å²) in [7, 11) is -0.973. The third kappa shape index (κ3) is 3.46. The molecule has 0 saturated carbocycles. The quantitative estimate of drug-likeness (QED) is 0.834. The molecule has 0 spiro atoms. The second-order valence-corrected chi connectivity index (χ2v) is 6.44. The fourth-order valence-corrected chi connectivity index (χ4v) is 3.27. The number of nitrogens with zero attached hydrogens (tertiary/aromatic N) is 1. The van der Waals surface area contributed by atoms with Crippen LogP contribution in [-0.4, -0.2) is 31.7 Å². The molecule has 0 bridgehead atoms. The molecule has 1 heterocycles. The van der Waals surface area contributed by atoms with Crippen LogP contribution < -0.4 is 9.46 Å². The van der Waals surface area contributed by atoms with E-state index < -0.39 is 21.9 Å². The van der Waals surface area contributed by atoms with E-state index in [1.165, 1.54) is 13.2 Å². The van der Waals surface area contributed by atoms with E-state index in [4.69, 9.17) is 4.74 Å². The number of aromatic nitrogens is 1. The topological polar surface area (TPSA) is 80.6 Å². The highest BCUT2D eigenvalue weighted by Gasteiger charge is 2.22. The average molecular weight is 328 g/mol. The van der Waals surface area contributed by atoms with Gasteiger partial charge in [0.1, 0.15) is 22.6 Å². The number of aliphatic hydroxyl groups is 1. The van der Waals surface area contributed by atoms with E-state index in [1.807, 2.05) is 0 Å². The molecule has 0 radical (unpaired) electrons. The van der Waals surface area contributed by atoms with Crippen LogP contribution in [0.15, 0.2) is 41.4 Å². The number of nitrogens with one attached hydrogen (secondary N) is 1. The van der Waals surface area contributed by atoms with Crippen LogP contribution in [0.25, 0.3) is 0 Å². The minimum atomic E-state index is -4.01. The zero-order chi connectivity index (χ0) is 16.3. The Morgan fingerprint density at radius 3 is 2.73 bits per heavy atom. The molecule has 22 heavy (non-hydrogen) atoms. The Morgan fingerprint density at radius 1 is 1.41 bits per heavy atom. The molecule has 2 aromatic rings. The van der Waals surface area contributed by atoms with Crippen molar-refractivity contribution in [2.45, 2.75) is 11.0 Å². The Labute approximate surface area is 128 Å². The summed E-state index contributed by atoms with van der Waals surface area (Å²) in [5.41, 5.74) is 0.564. The van der Waals surface area contributed by atoms with Gasteiger partial charge in [0.2, 0.25) is 10.0 Å². The molecule has 0 amide bonds. The van der Waals surface area contributed by atoms with E-state index >= 15 is 0 Å². The first-order valence-corrected chi connectivity index (χ1v) is 7.96. The number of rotatable bonds is 6. The van der Waals surface area contributed by atoms with Gasteiger partial charge in [0, 0.05) is 25.5 Å². The number of hydrogen-bond acceptors (Lipinski definition) is 4. The van der Waals surface area contributed by atoms with Crippen molar-refractivity contribution in [1.82, 2.24) is 9.29 Å². The summed E-state index contributed by atoms with van der Waals surface area (Å²) in [5, 5.41) is 10.0. The van der Waals surface area contributed by atoms with Crippen LogP contribution in [-0.2, 0) is 17.1 Å². The molecule has 1 aromatic carbocycles. The third-order valence-corrected chi connectivity index (χ3v) is 4.65. The van der Waals surface area contributed by atoms with E-state index in [2.05, 4.69) is 4.72 Å². The maximum atomic E-state index is 13.3. The molecular formula is C14H17FN2O4S. The molecule has 8 heteroatoms. The zero-order valence-electron chi connectivity index (χ0n) is 12.2. The average Bonchev–Trinajstić information content (AvgIpc) is 2.91. The Balaban J connectivity index is 2.18. The number of hydrogen-bond donors (Lipinski definition) is 2. The van der Waals surface area contributed by atoms with Crippen molar-refractivity contribution in [3.05, 3.63) is 48.0 Å². The molecule has 2 N–H and O–H groups in total. The molecule has 6 nitrogen and oxygen atoms in total. The summed E-state index contributed by atoms with van der Waals surface area (Å²) >= 11 is 0. The SMILES string of the molecule is COc1ccc(F)cc1S(=O)(=O)NCC(O)c1cccn1C. The first kappa shape index (κ1) is 16.5. The number of methoxy groups -OCH3 is 1. The van der Waals surface area contributed by atoms with Gasteiger partial charge in [0.25, 0.3) is 0 Å². The molecule has 0 saturated heterocycles. The molecular weight excluding hydrogens is 311 g/mol. The highest BCUT2D eigenvalue weighted by atomic mass is 32.2. The van der Waals surface area contributed by atoms with Crippen molar-refractivity contribution in [3.8, 4) is 5.75 Å². The lowest BCUT2D eigenvalue weighted by molar-refractivity contribution is 0.173. The van der Waals surface area contributed by atoms with Crippen LogP contribution in [0.1, 0.15) is 11.8 Å². The van der Waals surface area contributed by atoms with Gasteiger partial charge in [-0.25, -0.2) is 17.5 Å². The number of sulfonamides is 1. The number of halogens is 1. The third-order valence-electron chi connectivity index (χ3n) is 3.21.